The first-order chi connectivity index (χ1) is 15.3. The van der Waals surface area contributed by atoms with Crippen molar-refractivity contribution in [3.8, 4) is 5.75 Å². The summed E-state index contributed by atoms with van der Waals surface area (Å²) >= 11 is 0. The van der Waals surface area contributed by atoms with E-state index in [1.165, 1.54) is 29.3 Å². The molecule has 0 saturated heterocycles. The lowest BCUT2D eigenvalue weighted by Crippen LogP contribution is -2.17. The van der Waals surface area contributed by atoms with Crippen LogP contribution in [0.2, 0.25) is 0 Å². The van der Waals surface area contributed by atoms with Crippen LogP contribution in [-0.4, -0.2) is 33.8 Å². The summed E-state index contributed by atoms with van der Waals surface area (Å²) in [6.45, 7) is 2.41. The van der Waals surface area contributed by atoms with Gasteiger partial charge in [-0.15, -0.1) is 18.3 Å². The minimum absolute atomic E-state index is 0.0888. The fourth-order valence-corrected chi connectivity index (χ4v) is 2.93. The van der Waals surface area contributed by atoms with Crippen LogP contribution in [0, 0.1) is 6.92 Å². The highest BCUT2D eigenvalue weighted by molar-refractivity contribution is 5.94. The number of azide groups is 1. The fraction of sp³-hybridized carbons (Fsp3) is 0.211. The van der Waals surface area contributed by atoms with Crippen molar-refractivity contribution in [2.45, 2.75) is 19.8 Å². The quantitative estimate of drug-likeness (QED) is 0.312. The van der Waals surface area contributed by atoms with E-state index in [2.05, 4.69) is 29.9 Å². The zero-order valence-electron chi connectivity index (χ0n) is 16.6. The second-order valence-corrected chi connectivity index (χ2v) is 6.66. The third kappa shape index (κ3) is 4.90. The first kappa shape index (κ1) is 21.0. The van der Waals surface area contributed by atoms with E-state index in [4.69, 9.17) is 10.3 Å². The minimum atomic E-state index is -4.75. The molecule has 1 aliphatic rings. The van der Waals surface area contributed by atoms with Gasteiger partial charge in [0.05, 0.1) is 12.2 Å². The third-order valence-electron chi connectivity index (χ3n) is 4.39. The summed E-state index contributed by atoms with van der Waals surface area (Å²) in [5.74, 6) is 0.252. The molecule has 0 radical (unpaired) electrons. The highest BCUT2D eigenvalue weighted by Gasteiger charge is 2.31. The molecule has 1 aromatic carbocycles. The maximum Gasteiger partial charge on any atom is 0.573 e. The number of hydrogen-bond donors (Lipinski definition) is 0. The van der Waals surface area contributed by atoms with Gasteiger partial charge in [0.1, 0.15) is 17.3 Å². The molecule has 32 heavy (non-hydrogen) atoms. The maximum absolute atomic E-state index is 12.3. The van der Waals surface area contributed by atoms with Gasteiger partial charge in [0.25, 0.3) is 5.90 Å². The molecule has 0 fully saturated rings. The SMILES string of the molecule is Cc1cc(C2=NN(c3ccc(OC(F)(F)F)cc3)CO2)nn1Cc1ccc(N=[N+]=[N-])nc1. The van der Waals surface area contributed by atoms with Gasteiger partial charge in [-0.3, -0.25) is 9.67 Å². The van der Waals surface area contributed by atoms with Gasteiger partial charge < -0.3 is 9.47 Å². The molecule has 0 amide bonds. The number of nitrogens with zero attached hydrogens (tertiary/aromatic N) is 8. The summed E-state index contributed by atoms with van der Waals surface area (Å²) in [6.07, 6.45) is -3.15. The number of rotatable bonds is 6. The zero-order chi connectivity index (χ0) is 22.7. The summed E-state index contributed by atoms with van der Waals surface area (Å²) in [6, 6.07) is 10.5. The number of benzene rings is 1. The van der Waals surface area contributed by atoms with Crippen molar-refractivity contribution in [2.75, 3.05) is 11.7 Å². The van der Waals surface area contributed by atoms with Gasteiger partial charge in [-0.05, 0) is 59.5 Å². The second-order valence-electron chi connectivity index (χ2n) is 6.66. The van der Waals surface area contributed by atoms with E-state index in [0.29, 0.717) is 23.8 Å². The van der Waals surface area contributed by atoms with E-state index >= 15 is 0 Å². The Labute approximate surface area is 179 Å². The Balaban J connectivity index is 1.46. The standard InChI is InChI=1S/C19H15F3N8O2/c1-12-8-16(26-29(12)10-13-2-7-17(24-9-13)25-28-23)18-27-30(11-31-18)14-3-5-15(6-4-14)32-19(20,21)22/h2-9H,10-11H2,1H3. The summed E-state index contributed by atoms with van der Waals surface area (Å²) < 4.78 is 48.1. The third-order valence-corrected chi connectivity index (χ3v) is 4.39. The Morgan fingerprint density at radius 2 is 2.00 bits per heavy atom. The van der Waals surface area contributed by atoms with Crippen molar-refractivity contribution < 1.29 is 22.6 Å². The van der Waals surface area contributed by atoms with E-state index in [1.807, 2.05) is 13.0 Å². The lowest BCUT2D eigenvalue weighted by atomic mass is 10.3. The predicted molar refractivity (Wildman–Crippen MR) is 107 cm³/mol. The van der Waals surface area contributed by atoms with Gasteiger partial charge in [-0.25, -0.2) is 5.01 Å². The molecule has 0 saturated carbocycles. The lowest BCUT2D eigenvalue weighted by Gasteiger charge is -2.13. The average Bonchev–Trinajstić information content (AvgIpc) is 3.37. The summed E-state index contributed by atoms with van der Waals surface area (Å²) in [4.78, 5) is 6.75. The molecule has 13 heteroatoms. The van der Waals surface area contributed by atoms with Gasteiger partial charge in [0, 0.05) is 16.8 Å². The van der Waals surface area contributed by atoms with E-state index < -0.39 is 6.36 Å². The smallest absolute Gasteiger partial charge is 0.452 e. The normalized spacial score (nSPS) is 13.4. The lowest BCUT2D eigenvalue weighted by molar-refractivity contribution is -0.274. The number of aryl methyl sites for hydroxylation is 1. The largest absolute Gasteiger partial charge is 0.573 e. The van der Waals surface area contributed by atoms with Crippen molar-refractivity contribution in [1.82, 2.24) is 14.8 Å². The molecule has 0 atom stereocenters. The summed E-state index contributed by atoms with van der Waals surface area (Å²) in [7, 11) is 0. The van der Waals surface area contributed by atoms with Crippen LogP contribution in [0.25, 0.3) is 10.4 Å². The molecule has 3 heterocycles. The highest BCUT2D eigenvalue weighted by atomic mass is 19.4. The van der Waals surface area contributed by atoms with Crippen LogP contribution >= 0.6 is 0 Å². The second kappa shape index (κ2) is 8.47. The van der Waals surface area contributed by atoms with Gasteiger partial charge in [0.15, 0.2) is 6.73 Å². The molecule has 0 N–H and O–H groups in total. The number of ether oxygens (including phenoxy) is 2. The predicted octanol–water partition coefficient (Wildman–Crippen LogP) is 4.63. The monoisotopic (exact) mass is 444 g/mol. The van der Waals surface area contributed by atoms with E-state index in [0.717, 1.165) is 11.3 Å². The van der Waals surface area contributed by atoms with Crippen molar-refractivity contribution >= 4 is 17.4 Å². The van der Waals surface area contributed by atoms with Gasteiger partial charge in [-0.1, -0.05) is 6.07 Å². The molecular formula is C19H15F3N8O2. The van der Waals surface area contributed by atoms with Crippen LogP contribution in [-0.2, 0) is 11.3 Å². The van der Waals surface area contributed by atoms with Crippen LogP contribution in [0.1, 0.15) is 17.0 Å². The first-order valence-electron chi connectivity index (χ1n) is 9.20. The minimum Gasteiger partial charge on any atom is -0.452 e. The molecular weight excluding hydrogens is 429 g/mol. The van der Waals surface area contributed by atoms with E-state index in [1.54, 1.807) is 23.0 Å². The Kier molecular flexibility index (Phi) is 5.56. The van der Waals surface area contributed by atoms with E-state index in [-0.39, 0.29) is 18.3 Å². The zero-order valence-corrected chi connectivity index (χ0v) is 16.6. The molecule has 1 aliphatic heterocycles. The van der Waals surface area contributed by atoms with Gasteiger partial charge in [-0.2, -0.15) is 5.10 Å². The topological polar surface area (TPSA) is 114 Å². The van der Waals surface area contributed by atoms with Crippen LogP contribution in [0.5, 0.6) is 5.75 Å². The maximum atomic E-state index is 12.3. The fourth-order valence-electron chi connectivity index (χ4n) is 2.93. The summed E-state index contributed by atoms with van der Waals surface area (Å²) in [5, 5.41) is 13.8. The Hall–Kier alpha value is -4.25. The van der Waals surface area contributed by atoms with Gasteiger partial charge >= 0.3 is 6.36 Å². The number of alkyl halides is 3. The Bertz CT molecular complexity index is 1180. The average molecular weight is 444 g/mol. The number of hydrazone groups is 1. The first-order valence-corrected chi connectivity index (χ1v) is 9.20. The molecule has 0 bridgehead atoms. The molecule has 0 unspecified atom stereocenters. The molecule has 10 nitrogen and oxygen atoms in total. The van der Waals surface area contributed by atoms with Crippen LogP contribution < -0.4 is 9.75 Å². The van der Waals surface area contributed by atoms with Gasteiger partial charge in [0.2, 0.25) is 0 Å². The number of hydrogen-bond acceptors (Lipinski definition) is 7. The summed E-state index contributed by atoms with van der Waals surface area (Å²) in [5.41, 5.74) is 11.2. The van der Waals surface area contributed by atoms with Crippen LogP contribution in [0.15, 0.2) is 58.9 Å². The van der Waals surface area contributed by atoms with Crippen LogP contribution in [0.4, 0.5) is 24.7 Å². The Morgan fingerprint density at radius 3 is 2.66 bits per heavy atom. The molecule has 4 rings (SSSR count). The molecule has 3 aromatic rings. The van der Waals surface area contributed by atoms with E-state index in [9.17, 15) is 13.2 Å². The van der Waals surface area contributed by atoms with Crippen LogP contribution in [0.3, 0.4) is 0 Å². The Morgan fingerprint density at radius 1 is 1.22 bits per heavy atom. The number of aromatic nitrogens is 3. The molecule has 2 aromatic heterocycles. The highest BCUT2D eigenvalue weighted by Crippen LogP contribution is 2.27. The van der Waals surface area contributed by atoms with Crippen molar-refractivity contribution in [1.29, 1.82) is 0 Å². The number of pyridine rings is 1. The van der Waals surface area contributed by atoms with Crippen molar-refractivity contribution in [2.24, 2.45) is 10.2 Å². The van der Waals surface area contributed by atoms with Crippen molar-refractivity contribution in [3.05, 3.63) is 76.1 Å². The molecule has 0 aliphatic carbocycles. The molecule has 0 spiro atoms. The molecule has 164 valence electrons. The number of halogens is 3. The van der Waals surface area contributed by atoms with Crippen molar-refractivity contribution in [3.63, 3.8) is 0 Å². The number of anilines is 1.